The summed E-state index contributed by atoms with van der Waals surface area (Å²) in [4.78, 5) is 0. The molecule has 2 rings (SSSR count). The average Bonchev–Trinajstić information content (AvgIpc) is 2.81. The number of rotatable bonds is 6. The molecule has 0 bridgehead atoms. The number of hydrogen-bond donors (Lipinski definition) is 0. The highest BCUT2D eigenvalue weighted by atomic mass is 35.5. The van der Waals surface area contributed by atoms with Gasteiger partial charge in [0.05, 0.1) is 12.0 Å². The van der Waals surface area contributed by atoms with Gasteiger partial charge in [-0.3, -0.25) is 0 Å². The number of fused-ring (bicyclic) bond motifs is 1. The molecule has 1 aliphatic rings. The van der Waals surface area contributed by atoms with E-state index >= 15 is 0 Å². The van der Waals surface area contributed by atoms with Gasteiger partial charge in [-0.2, -0.15) is 0 Å². The van der Waals surface area contributed by atoms with Crippen molar-refractivity contribution in [3.05, 3.63) is 29.3 Å². The second-order valence-electron chi connectivity index (χ2n) is 4.78. The summed E-state index contributed by atoms with van der Waals surface area (Å²) < 4.78 is 5.50. The van der Waals surface area contributed by atoms with Gasteiger partial charge in [0.15, 0.2) is 0 Å². The Morgan fingerprint density at radius 2 is 2.18 bits per heavy atom. The Bertz CT molecular complexity index is 362. The molecule has 0 aliphatic carbocycles. The van der Waals surface area contributed by atoms with Gasteiger partial charge in [0, 0.05) is 6.42 Å². The molecule has 0 aromatic heterocycles. The van der Waals surface area contributed by atoms with Gasteiger partial charge in [-0.05, 0) is 23.6 Å². The average molecular weight is 253 g/mol. The standard InChI is InChI=1S/C15H21ClO/c1-2-3-4-5-6-14(16)12-7-8-15-13(11-12)9-10-17-15/h7-8,11,14H,2-6,9-10H2,1H3. The molecule has 2 heteroatoms. The normalized spacial score (nSPS) is 15.4. The lowest BCUT2D eigenvalue weighted by Gasteiger charge is -2.11. The molecule has 0 radical (unpaired) electrons. The van der Waals surface area contributed by atoms with Crippen LogP contribution in [0.3, 0.4) is 0 Å². The molecule has 0 N–H and O–H groups in total. The monoisotopic (exact) mass is 252 g/mol. The van der Waals surface area contributed by atoms with Gasteiger partial charge in [0.25, 0.3) is 0 Å². The zero-order valence-corrected chi connectivity index (χ0v) is 11.3. The zero-order valence-electron chi connectivity index (χ0n) is 10.5. The van der Waals surface area contributed by atoms with Gasteiger partial charge in [-0.25, -0.2) is 0 Å². The minimum absolute atomic E-state index is 0.165. The summed E-state index contributed by atoms with van der Waals surface area (Å²) in [5.41, 5.74) is 2.58. The van der Waals surface area contributed by atoms with Gasteiger partial charge in [-0.1, -0.05) is 44.7 Å². The van der Waals surface area contributed by atoms with Crippen LogP contribution in [0.1, 0.15) is 55.5 Å². The SMILES string of the molecule is CCCCCCC(Cl)c1ccc2c(c1)CCO2. The Morgan fingerprint density at radius 3 is 3.00 bits per heavy atom. The highest BCUT2D eigenvalue weighted by Gasteiger charge is 2.15. The molecule has 1 heterocycles. The van der Waals surface area contributed by atoms with Crippen molar-refractivity contribution in [1.29, 1.82) is 0 Å². The maximum absolute atomic E-state index is 6.45. The van der Waals surface area contributed by atoms with E-state index in [2.05, 4.69) is 25.1 Å². The number of unbranched alkanes of at least 4 members (excludes halogenated alkanes) is 3. The van der Waals surface area contributed by atoms with Crippen molar-refractivity contribution >= 4 is 11.6 Å². The first-order valence-corrected chi connectivity index (χ1v) is 7.14. The highest BCUT2D eigenvalue weighted by Crippen LogP contribution is 2.32. The van der Waals surface area contributed by atoms with E-state index in [-0.39, 0.29) is 5.38 Å². The summed E-state index contributed by atoms with van der Waals surface area (Å²) in [5, 5.41) is 0.165. The van der Waals surface area contributed by atoms with E-state index in [9.17, 15) is 0 Å². The first-order chi connectivity index (χ1) is 8.31. The summed E-state index contributed by atoms with van der Waals surface area (Å²) in [6, 6.07) is 6.40. The number of hydrogen-bond acceptors (Lipinski definition) is 1. The molecule has 94 valence electrons. The fraction of sp³-hybridized carbons (Fsp3) is 0.600. The van der Waals surface area contributed by atoms with Crippen LogP contribution in [-0.4, -0.2) is 6.61 Å². The molecule has 1 aromatic carbocycles. The van der Waals surface area contributed by atoms with Crippen molar-refractivity contribution in [1.82, 2.24) is 0 Å². The predicted octanol–water partition coefficient (Wildman–Crippen LogP) is 4.87. The fourth-order valence-electron chi connectivity index (χ4n) is 2.32. The first kappa shape index (κ1) is 12.8. The molecule has 0 saturated carbocycles. The summed E-state index contributed by atoms with van der Waals surface area (Å²) in [5.74, 6) is 1.04. The van der Waals surface area contributed by atoms with Crippen LogP contribution in [0.4, 0.5) is 0 Å². The minimum Gasteiger partial charge on any atom is -0.493 e. The van der Waals surface area contributed by atoms with Crippen LogP contribution >= 0.6 is 11.6 Å². The lowest BCUT2D eigenvalue weighted by atomic mass is 10.0. The predicted molar refractivity (Wildman–Crippen MR) is 73.0 cm³/mol. The van der Waals surface area contributed by atoms with E-state index in [1.165, 1.54) is 36.8 Å². The van der Waals surface area contributed by atoms with Gasteiger partial charge in [-0.15, -0.1) is 11.6 Å². The Balaban J connectivity index is 1.88. The molecule has 1 aliphatic heterocycles. The number of alkyl halides is 1. The minimum atomic E-state index is 0.165. The lowest BCUT2D eigenvalue weighted by Crippen LogP contribution is -1.92. The molecule has 1 unspecified atom stereocenters. The summed E-state index contributed by atoms with van der Waals surface area (Å²) in [7, 11) is 0. The van der Waals surface area contributed by atoms with Crippen LogP contribution in [-0.2, 0) is 6.42 Å². The quantitative estimate of drug-likeness (QED) is 0.518. The van der Waals surface area contributed by atoms with Crippen LogP contribution in [0.25, 0.3) is 0 Å². The van der Waals surface area contributed by atoms with Crippen LogP contribution in [0.5, 0.6) is 5.75 Å². The third kappa shape index (κ3) is 3.38. The third-order valence-corrected chi connectivity index (χ3v) is 3.86. The van der Waals surface area contributed by atoms with Crippen LogP contribution < -0.4 is 4.74 Å². The molecule has 1 nitrogen and oxygen atoms in total. The Morgan fingerprint density at radius 1 is 1.29 bits per heavy atom. The Kier molecular flexibility index (Phi) is 4.73. The smallest absolute Gasteiger partial charge is 0.122 e. The van der Waals surface area contributed by atoms with Crippen molar-refractivity contribution in [2.24, 2.45) is 0 Å². The molecule has 0 amide bonds. The second-order valence-corrected chi connectivity index (χ2v) is 5.31. The van der Waals surface area contributed by atoms with Crippen molar-refractivity contribution in [3.8, 4) is 5.75 Å². The maximum atomic E-state index is 6.45. The van der Waals surface area contributed by atoms with Gasteiger partial charge >= 0.3 is 0 Å². The number of benzene rings is 1. The van der Waals surface area contributed by atoms with E-state index in [1.807, 2.05) is 0 Å². The van der Waals surface area contributed by atoms with E-state index < -0.39 is 0 Å². The van der Waals surface area contributed by atoms with E-state index in [1.54, 1.807) is 0 Å². The summed E-state index contributed by atoms with van der Waals surface area (Å²) in [6.07, 6.45) is 7.25. The maximum Gasteiger partial charge on any atom is 0.122 e. The van der Waals surface area contributed by atoms with Crippen molar-refractivity contribution in [3.63, 3.8) is 0 Å². The topological polar surface area (TPSA) is 9.23 Å². The Labute approximate surface area is 109 Å². The van der Waals surface area contributed by atoms with Crippen LogP contribution in [0.15, 0.2) is 18.2 Å². The molecule has 0 spiro atoms. The highest BCUT2D eigenvalue weighted by molar-refractivity contribution is 6.20. The first-order valence-electron chi connectivity index (χ1n) is 6.71. The fourth-order valence-corrected chi connectivity index (χ4v) is 2.61. The van der Waals surface area contributed by atoms with Gasteiger partial charge in [0.1, 0.15) is 5.75 Å². The molecule has 0 saturated heterocycles. The molecular weight excluding hydrogens is 232 g/mol. The third-order valence-electron chi connectivity index (χ3n) is 3.39. The molecule has 17 heavy (non-hydrogen) atoms. The summed E-state index contributed by atoms with van der Waals surface area (Å²) >= 11 is 6.45. The van der Waals surface area contributed by atoms with Crippen LogP contribution in [0, 0.1) is 0 Å². The van der Waals surface area contributed by atoms with Crippen molar-refractivity contribution < 1.29 is 4.74 Å². The van der Waals surface area contributed by atoms with E-state index in [0.29, 0.717) is 0 Å². The Hall–Kier alpha value is -0.690. The van der Waals surface area contributed by atoms with E-state index in [4.69, 9.17) is 16.3 Å². The number of ether oxygens (including phenoxy) is 1. The van der Waals surface area contributed by atoms with Gasteiger partial charge < -0.3 is 4.74 Å². The molecule has 1 atom stereocenters. The lowest BCUT2D eigenvalue weighted by molar-refractivity contribution is 0.357. The molecule has 1 aromatic rings. The van der Waals surface area contributed by atoms with Crippen LogP contribution in [0.2, 0.25) is 0 Å². The summed E-state index contributed by atoms with van der Waals surface area (Å²) in [6.45, 7) is 3.06. The van der Waals surface area contributed by atoms with Crippen molar-refractivity contribution in [2.75, 3.05) is 6.61 Å². The van der Waals surface area contributed by atoms with Gasteiger partial charge in [0.2, 0.25) is 0 Å². The zero-order chi connectivity index (χ0) is 12.1. The van der Waals surface area contributed by atoms with E-state index in [0.717, 1.165) is 25.2 Å². The largest absolute Gasteiger partial charge is 0.493 e. The second kappa shape index (κ2) is 6.30. The molecule has 0 fully saturated rings. The van der Waals surface area contributed by atoms with Crippen molar-refractivity contribution in [2.45, 2.75) is 50.8 Å². The number of halogens is 1. The molecular formula is C15H21ClO.